The molecule has 0 spiro atoms. The monoisotopic (exact) mass is 398 g/mol. The predicted octanol–water partition coefficient (Wildman–Crippen LogP) is -0.929. The fraction of sp³-hybridized carbons (Fsp3) is 0.0952. The van der Waals surface area contributed by atoms with Crippen LogP contribution in [0.25, 0.3) is 22.0 Å². The summed E-state index contributed by atoms with van der Waals surface area (Å²) in [4.78, 5) is 21.4. The minimum atomic E-state index is -0.578. The van der Waals surface area contributed by atoms with Crippen LogP contribution >= 0.6 is 0 Å². The van der Waals surface area contributed by atoms with Gasteiger partial charge in [-0.1, -0.05) is 34.0 Å². The molecule has 1 N–H and O–H groups in total. The van der Waals surface area contributed by atoms with E-state index in [1.54, 1.807) is 24.8 Å². The van der Waals surface area contributed by atoms with Crippen molar-refractivity contribution in [3.63, 3.8) is 0 Å². The zero-order chi connectivity index (χ0) is 22.3. The number of carbonyl (C=O) groups is 1. The van der Waals surface area contributed by atoms with Crippen LogP contribution in [0.5, 0.6) is 5.75 Å². The van der Waals surface area contributed by atoms with Crippen molar-refractivity contribution in [2.75, 3.05) is 12.4 Å². The first kappa shape index (κ1) is 20.8. The Morgan fingerprint density at radius 1 is 1.00 bits per heavy atom. The number of hydrogen-bond acceptors (Lipinski definition) is 4. The number of carbonyl (C=O) groups excluding carboxylic acids is 1. The second-order valence-corrected chi connectivity index (χ2v) is 7.04. The van der Waals surface area contributed by atoms with Gasteiger partial charge in [0.2, 0.25) is 0 Å². The molecule has 2 aromatic heterocycles. The largest absolute Gasteiger partial charge is 0.498 e. The van der Waals surface area contributed by atoms with Gasteiger partial charge >= 0.3 is 0 Å². The Kier molecular flexibility index (Phi) is 5.39. The van der Waals surface area contributed by atoms with Crippen molar-refractivity contribution in [2.24, 2.45) is 7.05 Å². The summed E-state index contributed by atoms with van der Waals surface area (Å²) in [6, 6.07) is 7.70. The molecule has 2 aromatic carbocycles. The van der Waals surface area contributed by atoms with Gasteiger partial charge in [0.15, 0.2) is 0 Å². The molecule has 8 radical (unpaired) electrons. The molecule has 142 valence electrons. The molecule has 2 heterocycles. The fourth-order valence-corrected chi connectivity index (χ4v) is 3.45. The van der Waals surface area contributed by atoms with Crippen molar-refractivity contribution in [1.82, 2.24) is 14.5 Å². The molecule has 0 aliphatic heterocycles. The second kappa shape index (κ2) is 8.02. The molecule has 0 fully saturated rings. The number of fused-ring (bicyclic) bond motifs is 1. The highest BCUT2D eigenvalue weighted by atomic mass is 16.5. The van der Waals surface area contributed by atoms with Gasteiger partial charge in [-0.25, -0.2) is 9.97 Å². The first-order chi connectivity index (χ1) is 14.8. The Morgan fingerprint density at radius 3 is 2.32 bits per heavy atom. The lowest BCUT2D eigenvalue weighted by molar-refractivity contribution is 0.102. The smallest absolute Gasteiger partial charge is 0.255 e. The highest BCUT2D eigenvalue weighted by molar-refractivity contribution is 6.61. The van der Waals surface area contributed by atoms with Crippen LogP contribution in [0.1, 0.15) is 10.4 Å². The maximum Gasteiger partial charge on any atom is 0.255 e. The van der Waals surface area contributed by atoms with E-state index in [0.29, 0.717) is 5.82 Å². The number of methoxy groups -OCH3 is 1. The first-order valence-corrected chi connectivity index (χ1v) is 9.29. The van der Waals surface area contributed by atoms with Crippen molar-refractivity contribution < 1.29 is 9.53 Å². The topological polar surface area (TPSA) is 69.0 Å². The number of aromatic nitrogens is 3. The number of aryl methyl sites for hydroxylation is 1. The van der Waals surface area contributed by atoms with Crippen molar-refractivity contribution in [3.8, 4) is 17.0 Å². The Morgan fingerprint density at radius 2 is 1.71 bits per heavy atom. The van der Waals surface area contributed by atoms with E-state index in [1.165, 1.54) is 7.11 Å². The number of nitrogens with zero attached hydrogens (tertiary/aromatic N) is 3. The van der Waals surface area contributed by atoms with Gasteiger partial charge in [0.1, 0.15) is 43.0 Å². The number of ether oxygens (including phenoxy) is 1. The van der Waals surface area contributed by atoms with Gasteiger partial charge in [0.05, 0.1) is 25.3 Å². The molecule has 0 saturated heterocycles. The normalized spacial score (nSPS) is 10.9. The number of amides is 1. The van der Waals surface area contributed by atoms with E-state index in [-0.39, 0.29) is 33.2 Å². The van der Waals surface area contributed by atoms with Gasteiger partial charge in [-0.3, -0.25) is 4.79 Å². The number of anilines is 1. The van der Waals surface area contributed by atoms with E-state index in [4.69, 9.17) is 36.1 Å². The van der Waals surface area contributed by atoms with Gasteiger partial charge in [-0.2, -0.15) is 0 Å². The van der Waals surface area contributed by atoms with E-state index < -0.39 is 5.91 Å². The van der Waals surface area contributed by atoms with Crippen LogP contribution in [0.4, 0.5) is 5.82 Å². The summed E-state index contributed by atoms with van der Waals surface area (Å²) in [6.45, 7) is 0. The van der Waals surface area contributed by atoms with Gasteiger partial charge in [0.25, 0.3) is 5.91 Å². The molecular weight excluding hydrogens is 384 g/mol. The summed E-state index contributed by atoms with van der Waals surface area (Å²) in [7, 11) is 27.3. The lowest BCUT2D eigenvalue weighted by Gasteiger charge is -2.20. The molecule has 0 bridgehead atoms. The molecule has 31 heavy (non-hydrogen) atoms. The number of imidazole rings is 1. The summed E-state index contributed by atoms with van der Waals surface area (Å²) in [5, 5.41) is 4.52. The van der Waals surface area contributed by atoms with E-state index in [0.717, 1.165) is 22.0 Å². The molecule has 10 heteroatoms. The third-order valence-electron chi connectivity index (χ3n) is 5.12. The van der Waals surface area contributed by atoms with Crippen molar-refractivity contribution in [2.45, 2.75) is 0 Å². The van der Waals surface area contributed by atoms with Crippen LogP contribution in [0.2, 0.25) is 0 Å². The Hall–Kier alpha value is -3.41. The summed E-state index contributed by atoms with van der Waals surface area (Å²) >= 11 is 0. The predicted molar refractivity (Wildman–Crippen MR) is 126 cm³/mol. The highest BCUT2D eigenvalue weighted by Gasteiger charge is 2.19. The van der Waals surface area contributed by atoms with Crippen LogP contribution in [-0.2, 0) is 7.05 Å². The number of rotatable bonds is 4. The maximum absolute atomic E-state index is 12.9. The first-order valence-electron chi connectivity index (χ1n) is 9.29. The maximum atomic E-state index is 12.9. The molecule has 0 aliphatic rings. The van der Waals surface area contributed by atoms with Gasteiger partial charge in [-0.15, -0.1) is 0 Å². The van der Waals surface area contributed by atoms with E-state index in [9.17, 15) is 4.79 Å². The van der Waals surface area contributed by atoms with E-state index in [2.05, 4.69) is 15.3 Å². The molecule has 0 unspecified atom stereocenters. The third kappa shape index (κ3) is 3.63. The zero-order valence-electron chi connectivity index (χ0n) is 17.0. The molecule has 0 atom stereocenters. The highest BCUT2D eigenvalue weighted by Crippen LogP contribution is 2.25. The number of nitrogens with one attached hydrogen (secondary N) is 1. The lowest BCUT2D eigenvalue weighted by Crippen LogP contribution is -2.47. The summed E-state index contributed by atoms with van der Waals surface area (Å²) in [5.41, 5.74) is 1.99. The third-order valence-corrected chi connectivity index (χ3v) is 5.12. The van der Waals surface area contributed by atoms with Gasteiger partial charge < -0.3 is 14.6 Å². The zero-order valence-corrected chi connectivity index (χ0v) is 17.0. The number of benzene rings is 2. The molecule has 0 saturated carbocycles. The van der Waals surface area contributed by atoms with Crippen LogP contribution in [0.3, 0.4) is 0 Å². The van der Waals surface area contributed by atoms with Crippen LogP contribution in [-0.4, -0.2) is 58.9 Å². The Bertz CT molecular complexity index is 1310. The molecular formula is C21H14B4N4O2. The number of pyridine rings is 1. The van der Waals surface area contributed by atoms with Crippen molar-refractivity contribution in [3.05, 3.63) is 48.5 Å². The molecule has 1 amide bonds. The van der Waals surface area contributed by atoms with Crippen LogP contribution in [0.15, 0.2) is 43.0 Å². The average Bonchev–Trinajstić information content (AvgIpc) is 3.18. The van der Waals surface area contributed by atoms with Crippen LogP contribution < -0.4 is 31.9 Å². The Balaban J connectivity index is 1.70. The van der Waals surface area contributed by atoms with Crippen molar-refractivity contribution >= 4 is 75.7 Å². The summed E-state index contributed by atoms with van der Waals surface area (Å²) in [5.74, 6) is -0.116. The standard InChI is InChI=1S/C21H14B4N4O2/c1-29-9-26-8-13(29)10-3-4-11-7-27-14(6-12(11)5-10)28-21(30)15-16(22)18(24)20(31-2)19(25)17(15)23/h3-9H,1-2H3,(H,27,28,30). The van der Waals surface area contributed by atoms with Crippen LogP contribution in [0, 0.1) is 0 Å². The summed E-state index contributed by atoms with van der Waals surface area (Å²) in [6.07, 6.45) is 5.19. The van der Waals surface area contributed by atoms with Gasteiger partial charge in [-0.05, 0) is 17.5 Å². The van der Waals surface area contributed by atoms with E-state index >= 15 is 0 Å². The second-order valence-electron chi connectivity index (χ2n) is 7.04. The van der Waals surface area contributed by atoms with Gasteiger partial charge in [0, 0.05) is 29.8 Å². The fourth-order valence-electron chi connectivity index (χ4n) is 3.45. The molecule has 4 rings (SSSR count). The SMILES string of the molecule is [B]c1c([B])c(C(=O)Nc2cc3cc(-c4cncn4C)ccc3cn2)c([B])c([B])c1OC. The van der Waals surface area contributed by atoms with Crippen molar-refractivity contribution in [1.29, 1.82) is 0 Å². The molecule has 6 nitrogen and oxygen atoms in total. The Labute approximate surface area is 185 Å². The average molecular weight is 398 g/mol. The minimum absolute atomic E-state index is 0.0136. The molecule has 4 aromatic rings. The minimum Gasteiger partial charge on any atom is -0.498 e. The lowest BCUT2D eigenvalue weighted by atomic mass is 9.66. The quantitative estimate of drug-likeness (QED) is 0.452. The molecule has 0 aliphatic carbocycles. The summed E-state index contributed by atoms with van der Waals surface area (Å²) < 4.78 is 7.05. The number of hydrogen-bond donors (Lipinski definition) is 1. The van der Waals surface area contributed by atoms with E-state index in [1.807, 2.05) is 29.8 Å².